The number of piperidine rings is 1. The first-order valence-electron chi connectivity index (χ1n) is 7.44. The molecule has 0 N–H and O–H groups in total. The summed E-state index contributed by atoms with van der Waals surface area (Å²) in [5, 5.41) is -0.0840. The van der Waals surface area contributed by atoms with Crippen molar-refractivity contribution in [3.63, 3.8) is 0 Å². The van der Waals surface area contributed by atoms with Gasteiger partial charge in [0, 0.05) is 12.7 Å². The smallest absolute Gasteiger partial charge is 0.256 e. The maximum absolute atomic E-state index is 13.5. The molecule has 2 aromatic rings. The van der Waals surface area contributed by atoms with E-state index in [1.54, 1.807) is 11.1 Å². The van der Waals surface area contributed by atoms with Crippen molar-refractivity contribution in [2.75, 3.05) is 6.54 Å². The van der Waals surface area contributed by atoms with Crippen molar-refractivity contribution in [1.29, 1.82) is 0 Å². The predicted molar refractivity (Wildman–Crippen MR) is 83.2 cm³/mol. The lowest BCUT2D eigenvalue weighted by atomic mass is 9.97. The summed E-state index contributed by atoms with van der Waals surface area (Å²) in [5.41, 5.74) is 0.771. The molecular weight excluding hydrogens is 322 g/mol. The lowest BCUT2D eigenvalue weighted by Gasteiger charge is -2.35. The van der Waals surface area contributed by atoms with Crippen LogP contribution in [0, 0.1) is 11.6 Å². The van der Waals surface area contributed by atoms with E-state index in [1.807, 2.05) is 18.2 Å². The van der Waals surface area contributed by atoms with Crippen molar-refractivity contribution in [3.05, 3.63) is 64.4 Å². The monoisotopic (exact) mass is 336 g/mol. The summed E-state index contributed by atoms with van der Waals surface area (Å²) in [6.07, 6.45) is 4.30. The number of hydrogen-bond donors (Lipinski definition) is 0. The number of carbonyl (C=O) groups is 1. The van der Waals surface area contributed by atoms with Crippen LogP contribution in [0.15, 0.2) is 36.5 Å². The van der Waals surface area contributed by atoms with Gasteiger partial charge in [-0.3, -0.25) is 9.78 Å². The van der Waals surface area contributed by atoms with Crippen molar-refractivity contribution < 1.29 is 13.6 Å². The molecule has 3 nitrogen and oxygen atoms in total. The molecule has 1 saturated heterocycles. The molecule has 6 heteroatoms. The third kappa shape index (κ3) is 3.20. The third-order valence-electron chi connectivity index (χ3n) is 4.03. The van der Waals surface area contributed by atoms with E-state index in [2.05, 4.69) is 4.98 Å². The number of rotatable bonds is 2. The number of pyridine rings is 1. The predicted octanol–water partition coefficient (Wildman–Crippen LogP) is 4.38. The summed E-state index contributed by atoms with van der Waals surface area (Å²) >= 11 is 5.94. The fourth-order valence-corrected chi connectivity index (χ4v) is 3.13. The van der Waals surface area contributed by atoms with Gasteiger partial charge in [0.1, 0.15) is 0 Å². The molecule has 1 aromatic carbocycles. The fraction of sp³-hybridized carbons (Fsp3) is 0.294. The standard InChI is InChI=1S/C17H15ClF2N2O/c18-12-10-14(20)13(19)9-11(12)17(23)22-8-4-2-6-16(22)15-5-1-3-7-21-15/h1,3,5,7,9-10,16H,2,4,6,8H2/t16-/m0/s1. The van der Waals surface area contributed by atoms with Gasteiger partial charge < -0.3 is 4.90 Å². The topological polar surface area (TPSA) is 33.2 Å². The Morgan fingerprint density at radius 2 is 2.00 bits per heavy atom. The average molecular weight is 337 g/mol. The van der Waals surface area contributed by atoms with Crippen LogP contribution in [0.1, 0.15) is 41.4 Å². The van der Waals surface area contributed by atoms with E-state index in [9.17, 15) is 13.6 Å². The van der Waals surface area contributed by atoms with Crippen LogP contribution in [0.3, 0.4) is 0 Å². The molecule has 2 heterocycles. The van der Waals surface area contributed by atoms with Gasteiger partial charge in [-0.2, -0.15) is 0 Å². The van der Waals surface area contributed by atoms with E-state index in [-0.39, 0.29) is 16.6 Å². The zero-order valence-corrected chi connectivity index (χ0v) is 13.1. The molecule has 0 radical (unpaired) electrons. The molecular formula is C17H15ClF2N2O. The Morgan fingerprint density at radius 3 is 2.74 bits per heavy atom. The van der Waals surface area contributed by atoms with Crippen molar-refractivity contribution in [2.24, 2.45) is 0 Å². The number of aromatic nitrogens is 1. The second kappa shape index (κ2) is 6.62. The average Bonchev–Trinajstić information content (AvgIpc) is 2.58. The van der Waals surface area contributed by atoms with Crippen LogP contribution in [0.25, 0.3) is 0 Å². The normalized spacial score (nSPS) is 18.0. The first-order chi connectivity index (χ1) is 11.1. The molecule has 1 amide bonds. The summed E-state index contributed by atoms with van der Waals surface area (Å²) in [7, 11) is 0. The zero-order valence-electron chi connectivity index (χ0n) is 12.3. The number of halogens is 3. The van der Waals surface area contributed by atoms with Crippen LogP contribution in [0.2, 0.25) is 5.02 Å². The third-order valence-corrected chi connectivity index (χ3v) is 4.35. The molecule has 0 unspecified atom stereocenters. The summed E-state index contributed by atoms with van der Waals surface area (Å²) < 4.78 is 26.7. The van der Waals surface area contributed by atoms with Gasteiger partial charge in [0.05, 0.1) is 22.3 Å². The van der Waals surface area contributed by atoms with Gasteiger partial charge in [-0.1, -0.05) is 17.7 Å². The zero-order chi connectivity index (χ0) is 16.4. The van der Waals surface area contributed by atoms with Crippen LogP contribution >= 0.6 is 11.6 Å². The Kier molecular flexibility index (Phi) is 4.57. The highest BCUT2D eigenvalue weighted by Crippen LogP contribution is 2.32. The quantitative estimate of drug-likeness (QED) is 0.762. The van der Waals surface area contributed by atoms with Gasteiger partial charge in [0.2, 0.25) is 0 Å². The van der Waals surface area contributed by atoms with Crippen LogP contribution in [0.4, 0.5) is 8.78 Å². The first kappa shape index (κ1) is 15.9. The fourth-order valence-electron chi connectivity index (χ4n) is 2.90. The van der Waals surface area contributed by atoms with Crippen molar-refractivity contribution in [1.82, 2.24) is 9.88 Å². The molecule has 1 fully saturated rings. The molecule has 0 saturated carbocycles. The molecule has 1 aromatic heterocycles. The van der Waals surface area contributed by atoms with Crippen LogP contribution in [-0.4, -0.2) is 22.3 Å². The maximum Gasteiger partial charge on any atom is 0.256 e. The number of likely N-dealkylation sites (tertiary alicyclic amines) is 1. The lowest BCUT2D eigenvalue weighted by Crippen LogP contribution is -2.39. The van der Waals surface area contributed by atoms with Crippen molar-refractivity contribution in [2.45, 2.75) is 25.3 Å². The van der Waals surface area contributed by atoms with E-state index in [0.717, 1.165) is 37.1 Å². The molecule has 0 bridgehead atoms. The van der Waals surface area contributed by atoms with E-state index in [0.29, 0.717) is 6.54 Å². The van der Waals surface area contributed by atoms with E-state index >= 15 is 0 Å². The van der Waals surface area contributed by atoms with Crippen molar-refractivity contribution >= 4 is 17.5 Å². The highest BCUT2D eigenvalue weighted by atomic mass is 35.5. The van der Waals surface area contributed by atoms with Crippen LogP contribution < -0.4 is 0 Å². The summed E-state index contributed by atoms with van der Waals surface area (Å²) in [5.74, 6) is -2.54. The molecule has 1 aliphatic rings. The number of carbonyl (C=O) groups excluding carboxylic acids is 1. The Labute approximate surface area is 137 Å². The number of nitrogens with zero attached hydrogens (tertiary/aromatic N) is 2. The minimum atomic E-state index is -1.08. The SMILES string of the molecule is O=C(c1cc(F)c(F)cc1Cl)N1CCCC[C@H]1c1ccccn1. The van der Waals surface area contributed by atoms with Gasteiger partial charge >= 0.3 is 0 Å². The highest BCUT2D eigenvalue weighted by Gasteiger charge is 2.31. The Hall–Kier alpha value is -2.01. The molecule has 0 spiro atoms. The van der Waals surface area contributed by atoms with E-state index in [4.69, 9.17) is 11.6 Å². The Morgan fingerprint density at radius 1 is 1.22 bits per heavy atom. The summed E-state index contributed by atoms with van der Waals surface area (Å²) in [4.78, 5) is 18.8. The molecule has 120 valence electrons. The summed E-state index contributed by atoms with van der Waals surface area (Å²) in [6.45, 7) is 0.537. The first-order valence-corrected chi connectivity index (χ1v) is 7.82. The lowest BCUT2D eigenvalue weighted by molar-refractivity contribution is 0.0605. The van der Waals surface area contributed by atoms with Gasteiger partial charge in [-0.25, -0.2) is 8.78 Å². The van der Waals surface area contributed by atoms with E-state index in [1.165, 1.54) is 0 Å². The van der Waals surface area contributed by atoms with E-state index < -0.39 is 17.5 Å². The minimum Gasteiger partial charge on any atom is -0.330 e. The minimum absolute atomic E-state index is 0.0200. The Bertz CT molecular complexity index is 724. The number of hydrogen-bond acceptors (Lipinski definition) is 2. The number of benzene rings is 1. The second-order valence-corrected chi connectivity index (χ2v) is 5.92. The van der Waals surface area contributed by atoms with Crippen molar-refractivity contribution in [3.8, 4) is 0 Å². The second-order valence-electron chi connectivity index (χ2n) is 5.51. The molecule has 0 aliphatic carbocycles. The largest absolute Gasteiger partial charge is 0.330 e. The maximum atomic E-state index is 13.5. The van der Waals surface area contributed by atoms with Gasteiger partial charge in [-0.05, 0) is 43.5 Å². The Balaban J connectivity index is 1.95. The molecule has 23 heavy (non-hydrogen) atoms. The van der Waals surface area contributed by atoms with Gasteiger partial charge in [-0.15, -0.1) is 0 Å². The molecule has 1 aliphatic heterocycles. The van der Waals surface area contributed by atoms with Gasteiger partial charge in [0.15, 0.2) is 11.6 Å². The number of amides is 1. The van der Waals surface area contributed by atoms with Crippen LogP contribution in [-0.2, 0) is 0 Å². The molecule has 1 atom stereocenters. The van der Waals surface area contributed by atoms with Crippen LogP contribution in [0.5, 0.6) is 0 Å². The van der Waals surface area contributed by atoms with Gasteiger partial charge in [0.25, 0.3) is 5.91 Å². The molecule has 3 rings (SSSR count). The highest BCUT2D eigenvalue weighted by molar-refractivity contribution is 6.33. The summed E-state index contributed by atoms with van der Waals surface area (Å²) in [6, 6.07) is 7.06.